The fourth-order valence-electron chi connectivity index (χ4n) is 2.36. The van der Waals surface area contributed by atoms with Gasteiger partial charge in [0.2, 0.25) is 0 Å². The predicted octanol–water partition coefficient (Wildman–Crippen LogP) is 2.66. The Bertz CT molecular complexity index is 702. The van der Waals surface area contributed by atoms with E-state index in [1.807, 2.05) is 11.9 Å². The van der Waals surface area contributed by atoms with Crippen molar-refractivity contribution >= 4 is 5.96 Å². The van der Waals surface area contributed by atoms with E-state index in [2.05, 4.69) is 10.3 Å². The summed E-state index contributed by atoms with van der Waals surface area (Å²) in [5.74, 6) is -0.0202. The highest BCUT2D eigenvalue weighted by Crippen LogP contribution is 2.11. The summed E-state index contributed by atoms with van der Waals surface area (Å²) in [6.07, 6.45) is 0. The van der Waals surface area contributed by atoms with Crippen molar-refractivity contribution in [3.8, 4) is 0 Å². The summed E-state index contributed by atoms with van der Waals surface area (Å²) in [5, 5.41) is 12.3. The van der Waals surface area contributed by atoms with Crippen LogP contribution in [0.3, 0.4) is 0 Å². The second kappa shape index (κ2) is 8.40. The van der Waals surface area contributed by atoms with Gasteiger partial charge in [-0.1, -0.05) is 18.2 Å². The molecule has 2 rings (SSSR count). The minimum Gasteiger partial charge on any atom is -0.392 e. The minimum atomic E-state index is -0.418. The van der Waals surface area contributed by atoms with E-state index in [0.717, 1.165) is 11.1 Å². The summed E-state index contributed by atoms with van der Waals surface area (Å²) < 4.78 is 26.3. The van der Waals surface area contributed by atoms with E-state index >= 15 is 0 Å². The molecule has 2 aromatic rings. The highest BCUT2D eigenvalue weighted by Gasteiger charge is 2.08. The smallest absolute Gasteiger partial charge is 0.193 e. The number of benzene rings is 2. The summed E-state index contributed by atoms with van der Waals surface area (Å²) in [6.45, 7) is 0.692. The number of hydrogen-bond donors (Lipinski definition) is 2. The van der Waals surface area contributed by atoms with E-state index < -0.39 is 5.82 Å². The summed E-state index contributed by atoms with van der Waals surface area (Å²) in [7, 11) is 3.55. The van der Waals surface area contributed by atoms with Gasteiger partial charge in [-0.25, -0.2) is 8.78 Å². The van der Waals surface area contributed by atoms with Crippen LogP contribution in [-0.4, -0.2) is 30.1 Å². The van der Waals surface area contributed by atoms with Crippen LogP contribution in [0.5, 0.6) is 0 Å². The lowest BCUT2D eigenvalue weighted by Crippen LogP contribution is -2.38. The van der Waals surface area contributed by atoms with Crippen LogP contribution < -0.4 is 5.32 Å². The van der Waals surface area contributed by atoms with Gasteiger partial charge < -0.3 is 15.3 Å². The van der Waals surface area contributed by atoms with Gasteiger partial charge in [-0.3, -0.25) is 4.99 Å². The largest absolute Gasteiger partial charge is 0.392 e. The zero-order valence-corrected chi connectivity index (χ0v) is 13.8. The third-order valence-electron chi connectivity index (χ3n) is 3.64. The predicted molar refractivity (Wildman–Crippen MR) is 90.4 cm³/mol. The van der Waals surface area contributed by atoms with Crippen molar-refractivity contribution in [2.45, 2.75) is 19.7 Å². The number of hydrogen-bond acceptors (Lipinski definition) is 2. The molecule has 0 aromatic heterocycles. The molecule has 0 spiro atoms. The van der Waals surface area contributed by atoms with Crippen molar-refractivity contribution in [3.63, 3.8) is 0 Å². The number of rotatable bonds is 5. The highest BCUT2D eigenvalue weighted by molar-refractivity contribution is 5.79. The molecule has 0 amide bonds. The maximum atomic E-state index is 13.4. The molecule has 0 bridgehead atoms. The van der Waals surface area contributed by atoms with Gasteiger partial charge in [0.1, 0.15) is 11.6 Å². The van der Waals surface area contributed by atoms with Gasteiger partial charge in [-0.05, 0) is 35.4 Å². The Morgan fingerprint density at radius 3 is 2.42 bits per heavy atom. The van der Waals surface area contributed by atoms with Crippen LogP contribution in [0.15, 0.2) is 47.5 Å². The molecule has 128 valence electrons. The van der Waals surface area contributed by atoms with E-state index in [1.165, 1.54) is 18.2 Å². The van der Waals surface area contributed by atoms with Gasteiger partial charge in [0, 0.05) is 32.7 Å². The molecule has 0 saturated heterocycles. The molecule has 2 N–H and O–H groups in total. The Morgan fingerprint density at radius 1 is 1.12 bits per heavy atom. The van der Waals surface area contributed by atoms with Crippen LogP contribution in [0, 0.1) is 11.6 Å². The SMILES string of the molecule is CN=C(NCc1ccc(F)c(CO)c1)N(C)Cc1ccc(F)cc1. The van der Waals surface area contributed by atoms with Crippen LogP contribution in [0.25, 0.3) is 0 Å². The van der Waals surface area contributed by atoms with Crippen LogP contribution in [0.1, 0.15) is 16.7 Å². The fraction of sp³-hybridized carbons (Fsp3) is 0.278. The normalized spacial score (nSPS) is 11.5. The topological polar surface area (TPSA) is 47.9 Å². The van der Waals surface area contributed by atoms with Crippen LogP contribution in [0.2, 0.25) is 0 Å². The van der Waals surface area contributed by atoms with E-state index in [-0.39, 0.29) is 18.0 Å². The number of aliphatic imine (C=N–C) groups is 1. The lowest BCUT2D eigenvalue weighted by atomic mass is 10.1. The van der Waals surface area contributed by atoms with Gasteiger partial charge in [0.15, 0.2) is 5.96 Å². The standard InChI is InChI=1S/C18H21F2N3O/c1-21-18(23(2)11-13-3-6-16(19)7-4-13)22-10-14-5-8-17(20)15(9-14)12-24/h3-9,24H,10-12H2,1-2H3,(H,21,22). The second-order valence-corrected chi connectivity index (χ2v) is 5.47. The molecule has 0 heterocycles. The maximum Gasteiger partial charge on any atom is 0.193 e. The highest BCUT2D eigenvalue weighted by atomic mass is 19.1. The Morgan fingerprint density at radius 2 is 1.79 bits per heavy atom. The summed E-state index contributed by atoms with van der Waals surface area (Å²) in [4.78, 5) is 6.12. The molecule has 24 heavy (non-hydrogen) atoms. The van der Waals surface area contributed by atoms with E-state index in [1.54, 1.807) is 31.3 Å². The Hall–Kier alpha value is -2.47. The summed E-state index contributed by atoms with van der Waals surface area (Å²) >= 11 is 0. The van der Waals surface area contributed by atoms with Crippen LogP contribution >= 0.6 is 0 Å². The molecule has 0 unspecified atom stereocenters. The molecule has 0 atom stereocenters. The van der Waals surface area contributed by atoms with E-state index in [9.17, 15) is 8.78 Å². The Balaban J connectivity index is 1.97. The average Bonchev–Trinajstić information content (AvgIpc) is 2.58. The first-order valence-electron chi connectivity index (χ1n) is 7.58. The third kappa shape index (κ3) is 4.76. The zero-order chi connectivity index (χ0) is 17.5. The third-order valence-corrected chi connectivity index (χ3v) is 3.64. The summed E-state index contributed by atoms with van der Waals surface area (Å²) in [6, 6.07) is 10.9. The first-order valence-corrected chi connectivity index (χ1v) is 7.58. The van der Waals surface area contributed by atoms with Gasteiger partial charge >= 0.3 is 0 Å². The molecular weight excluding hydrogens is 312 g/mol. The lowest BCUT2D eigenvalue weighted by Gasteiger charge is -2.22. The molecule has 0 aliphatic heterocycles. The molecular formula is C18H21F2N3O. The first kappa shape index (κ1) is 17.9. The molecule has 0 aliphatic rings. The number of guanidine groups is 1. The van der Waals surface area contributed by atoms with Crippen molar-refractivity contribution in [1.29, 1.82) is 0 Å². The first-order chi connectivity index (χ1) is 11.5. The van der Waals surface area contributed by atoms with Gasteiger partial charge in [-0.15, -0.1) is 0 Å². The number of nitrogens with one attached hydrogen (secondary N) is 1. The molecule has 0 fully saturated rings. The monoisotopic (exact) mass is 333 g/mol. The molecule has 2 aromatic carbocycles. The fourth-order valence-corrected chi connectivity index (χ4v) is 2.36. The van der Waals surface area contributed by atoms with Gasteiger partial charge in [0.05, 0.1) is 6.61 Å². The maximum absolute atomic E-state index is 13.4. The van der Waals surface area contributed by atoms with E-state index in [0.29, 0.717) is 19.0 Å². The van der Waals surface area contributed by atoms with Crippen LogP contribution in [0.4, 0.5) is 8.78 Å². The van der Waals surface area contributed by atoms with Gasteiger partial charge in [0.25, 0.3) is 0 Å². The van der Waals surface area contributed by atoms with Crippen molar-refractivity contribution in [2.75, 3.05) is 14.1 Å². The number of nitrogens with zero attached hydrogens (tertiary/aromatic N) is 2. The molecule has 4 nitrogen and oxygen atoms in total. The minimum absolute atomic E-state index is 0.264. The van der Waals surface area contributed by atoms with Crippen molar-refractivity contribution in [2.24, 2.45) is 4.99 Å². The number of aliphatic hydroxyl groups excluding tert-OH is 1. The Labute approximate surface area is 140 Å². The number of halogens is 2. The molecule has 0 radical (unpaired) electrons. The van der Waals surface area contributed by atoms with Crippen molar-refractivity contribution in [3.05, 3.63) is 70.8 Å². The number of aliphatic hydroxyl groups is 1. The zero-order valence-electron chi connectivity index (χ0n) is 13.8. The van der Waals surface area contributed by atoms with Crippen LogP contribution in [-0.2, 0) is 19.7 Å². The van der Waals surface area contributed by atoms with E-state index in [4.69, 9.17) is 5.11 Å². The van der Waals surface area contributed by atoms with Crippen molar-refractivity contribution in [1.82, 2.24) is 10.2 Å². The van der Waals surface area contributed by atoms with Gasteiger partial charge in [-0.2, -0.15) is 0 Å². The quantitative estimate of drug-likeness (QED) is 0.653. The van der Waals surface area contributed by atoms with Crippen molar-refractivity contribution < 1.29 is 13.9 Å². The second-order valence-electron chi connectivity index (χ2n) is 5.47. The average molecular weight is 333 g/mol. The summed E-state index contributed by atoms with van der Waals surface area (Å²) in [5.41, 5.74) is 2.08. The lowest BCUT2D eigenvalue weighted by molar-refractivity contribution is 0.275. The Kier molecular flexibility index (Phi) is 6.26. The molecule has 0 saturated carbocycles. The molecule has 0 aliphatic carbocycles. The molecule has 6 heteroatoms.